The van der Waals surface area contributed by atoms with Crippen LogP contribution in [0.3, 0.4) is 0 Å². The Morgan fingerprint density at radius 1 is 1.46 bits per heavy atom. The summed E-state index contributed by atoms with van der Waals surface area (Å²) in [7, 11) is -1.59. The van der Waals surface area contributed by atoms with E-state index in [0.717, 1.165) is 11.8 Å². The minimum Gasteiger partial charge on any atom is -0.340 e. The first-order valence-corrected chi connectivity index (χ1v) is 11.6. The summed E-state index contributed by atoms with van der Waals surface area (Å²) in [6.45, 7) is 1.57. The fourth-order valence-corrected chi connectivity index (χ4v) is 6.42. The third kappa shape index (κ3) is 4.28. The maximum absolute atomic E-state index is 13.4. The molecule has 150 valence electrons. The summed E-state index contributed by atoms with van der Waals surface area (Å²) in [5.41, 5.74) is 0.521. The minimum absolute atomic E-state index is 0.0566. The highest BCUT2D eigenvalue weighted by Gasteiger charge is 2.41. The number of carbonyl (C=O) groups excluding carboxylic acids is 2. The largest absolute Gasteiger partial charge is 0.340 e. The van der Waals surface area contributed by atoms with Crippen LogP contribution in [0, 0.1) is 5.82 Å². The first-order valence-electron chi connectivity index (χ1n) is 8.59. The molecule has 2 amide bonds. The molecule has 0 N–H and O–H groups in total. The van der Waals surface area contributed by atoms with Crippen LogP contribution in [-0.4, -0.2) is 65.0 Å². The number of rotatable bonds is 4. The number of thioether (sulfide) groups is 1. The van der Waals surface area contributed by atoms with E-state index in [-0.39, 0.29) is 21.7 Å². The summed E-state index contributed by atoms with van der Waals surface area (Å²) in [6.07, 6.45) is 1.92. The average Bonchev–Trinajstić information content (AvgIpc) is 3.12. The molecule has 10 heteroatoms. The fourth-order valence-electron chi connectivity index (χ4n) is 3.23. The molecule has 1 aromatic rings. The van der Waals surface area contributed by atoms with E-state index in [1.165, 1.54) is 28.0 Å². The summed E-state index contributed by atoms with van der Waals surface area (Å²) in [5, 5.41) is 0. The van der Waals surface area contributed by atoms with Gasteiger partial charge in [-0.2, -0.15) is 0 Å². The minimum atomic E-state index is -3.13. The lowest BCUT2D eigenvalue weighted by Gasteiger charge is -2.30. The van der Waals surface area contributed by atoms with Crippen molar-refractivity contribution in [1.82, 2.24) is 9.80 Å². The van der Waals surface area contributed by atoms with Gasteiger partial charge in [-0.1, -0.05) is 36.1 Å². The summed E-state index contributed by atoms with van der Waals surface area (Å²) < 4.78 is 37.0. The monoisotopic (exact) mass is 442 g/mol. The average molecular weight is 443 g/mol. The molecule has 0 radical (unpaired) electrons. The van der Waals surface area contributed by atoms with Crippen LogP contribution >= 0.6 is 24.0 Å². The van der Waals surface area contributed by atoms with E-state index in [0.29, 0.717) is 16.9 Å². The van der Waals surface area contributed by atoms with Crippen molar-refractivity contribution in [2.75, 3.05) is 18.6 Å². The molecule has 2 saturated heterocycles. The second-order valence-corrected chi connectivity index (χ2v) is 10.7. The molecule has 0 aliphatic carbocycles. The van der Waals surface area contributed by atoms with E-state index in [9.17, 15) is 22.4 Å². The van der Waals surface area contributed by atoms with Crippen molar-refractivity contribution < 1.29 is 22.4 Å². The molecule has 2 aliphatic heterocycles. The predicted octanol–water partition coefficient (Wildman–Crippen LogP) is 2.06. The Morgan fingerprint density at radius 2 is 2.18 bits per heavy atom. The van der Waals surface area contributed by atoms with Crippen LogP contribution < -0.4 is 0 Å². The smallest absolute Gasteiger partial charge is 0.266 e. The van der Waals surface area contributed by atoms with Crippen LogP contribution in [0.5, 0.6) is 0 Å². The normalized spacial score (nSPS) is 24.0. The van der Waals surface area contributed by atoms with Gasteiger partial charge in [0, 0.05) is 13.1 Å². The number of nitrogens with zero attached hydrogens (tertiary/aromatic N) is 2. The van der Waals surface area contributed by atoms with Crippen molar-refractivity contribution in [1.29, 1.82) is 0 Å². The van der Waals surface area contributed by atoms with Gasteiger partial charge in [0.25, 0.3) is 5.91 Å². The standard InChI is InChI=1S/C18H19FN2O4S3/c1-11(16(22)20(2)14-6-7-28(24,25)10-14)21-17(23)15(27-18(21)26)9-12-4-3-5-13(19)8-12/h3-5,8-9,11,14H,6-7,10H2,1-2H3/b15-9-/t11-,14+/m1/s1. The molecule has 2 aliphatic rings. The summed E-state index contributed by atoms with van der Waals surface area (Å²) >= 11 is 6.33. The van der Waals surface area contributed by atoms with Crippen LogP contribution in [0.2, 0.25) is 0 Å². The van der Waals surface area contributed by atoms with Gasteiger partial charge in [-0.3, -0.25) is 14.5 Å². The fraction of sp³-hybridized carbons (Fsp3) is 0.389. The molecule has 2 atom stereocenters. The highest BCUT2D eigenvalue weighted by molar-refractivity contribution is 8.26. The van der Waals surface area contributed by atoms with Crippen molar-refractivity contribution >= 4 is 56.0 Å². The predicted molar refractivity (Wildman–Crippen MR) is 111 cm³/mol. The van der Waals surface area contributed by atoms with E-state index < -0.39 is 33.6 Å². The van der Waals surface area contributed by atoms with E-state index in [2.05, 4.69) is 0 Å². The second-order valence-electron chi connectivity index (χ2n) is 6.79. The van der Waals surface area contributed by atoms with Crippen LogP contribution in [0.4, 0.5) is 4.39 Å². The van der Waals surface area contributed by atoms with Gasteiger partial charge in [-0.25, -0.2) is 12.8 Å². The number of sulfone groups is 1. The molecule has 0 unspecified atom stereocenters. The van der Waals surface area contributed by atoms with Crippen molar-refractivity contribution in [3.63, 3.8) is 0 Å². The molecular weight excluding hydrogens is 423 g/mol. The van der Waals surface area contributed by atoms with Crippen molar-refractivity contribution in [2.24, 2.45) is 0 Å². The summed E-state index contributed by atoms with van der Waals surface area (Å²) in [4.78, 5) is 28.5. The Balaban J connectivity index is 1.76. The lowest BCUT2D eigenvalue weighted by Crippen LogP contribution is -2.50. The Hall–Kier alpha value is -1.78. The second kappa shape index (κ2) is 7.92. The Kier molecular flexibility index (Phi) is 5.92. The number of benzene rings is 1. The maximum atomic E-state index is 13.4. The van der Waals surface area contributed by atoms with Gasteiger partial charge >= 0.3 is 0 Å². The number of halogens is 1. The van der Waals surface area contributed by atoms with Gasteiger partial charge < -0.3 is 4.90 Å². The van der Waals surface area contributed by atoms with Crippen molar-refractivity contribution in [2.45, 2.75) is 25.4 Å². The Bertz CT molecular complexity index is 977. The van der Waals surface area contributed by atoms with Crippen LogP contribution in [0.25, 0.3) is 6.08 Å². The molecule has 1 aromatic carbocycles. The summed E-state index contributed by atoms with van der Waals surface area (Å²) in [6, 6.07) is 4.55. The number of carbonyl (C=O) groups is 2. The van der Waals surface area contributed by atoms with Gasteiger partial charge in [0.1, 0.15) is 16.2 Å². The Morgan fingerprint density at radius 3 is 2.79 bits per heavy atom. The lowest BCUT2D eigenvalue weighted by molar-refractivity contribution is -0.139. The number of likely N-dealkylation sites (N-methyl/N-ethyl adjacent to an activating group) is 1. The van der Waals surface area contributed by atoms with Crippen LogP contribution in [0.15, 0.2) is 29.2 Å². The third-order valence-electron chi connectivity index (χ3n) is 4.82. The molecule has 6 nitrogen and oxygen atoms in total. The zero-order valence-corrected chi connectivity index (χ0v) is 17.7. The molecule has 3 rings (SSSR count). The molecule has 28 heavy (non-hydrogen) atoms. The van der Waals surface area contributed by atoms with Crippen LogP contribution in [0.1, 0.15) is 18.9 Å². The molecule has 0 spiro atoms. The maximum Gasteiger partial charge on any atom is 0.266 e. The molecule has 0 aromatic heterocycles. The van der Waals surface area contributed by atoms with Crippen LogP contribution in [-0.2, 0) is 19.4 Å². The quantitative estimate of drug-likeness (QED) is 0.525. The van der Waals surface area contributed by atoms with E-state index in [1.54, 1.807) is 26.1 Å². The first kappa shape index (κ1) is 20.9. The zero-order valence-electron chi connectivity index (χ0n) is 15.3. The molecule has 2 heterocycles. The Labute approximate surface area is 172 Å². The van der Waals surface area contributed by atoms with E-state index in [4.69, 9.17) is 12.2 Å². The zero-order chi connectivity index (χ0) is 20.6. The number of amides is 2. The van der Waals surface area contributed by atoms with Gasteiger partial charge in [0.15, 0.2) is 9.84 Å². The highest BCUT2D eigenvalue weighted by Crippen LogP contribution is 2.34. The van der Waals surface area contributed by atoms with Gasteiger partial charge in [-0.15, -0.1) is 0 Å². The topological polar surface area (TPSA) is 74.8 Å². The number of hydrogen-bond acceptors (Lipinski definition) is 6. The third-order valence-corrected chi connectivity index (χ3v) is 7.90. The van der Waals surface area contributed by atoms with Crippen molar-refractivity contribution in [3.05, 3.63) is 40.6 Å². The molecule has 2 fully saturated rings. The SMILES string of the molecule is C[C@H](C(=O)N(C)[C@H]1CCS(=O)(=O)C1)N1C(=O)/C(=C/c2cccc(F)c2)SC1=S. The van der Waals surface area contributed by atoms with Gasteiger partial charge in [-0.05, 0) is 37.1 Å². The first-order chi connectivity index (χ1) is 13.1. The lowest BCUT2D eigenvalue weighted by atomic mass is 10.1. The number of thiocarbonyl (C=S) groups is 1. The van der Waals surface area contributed by atoms with E-state index in [1.807, 2.05) is 0 Å². The number of hydrogen-bond donors (Lipinski definition) is 0. The van der Waals surface area contributed by atoms with Crippen molar-refractivity contribution in [3.8, 4) is 0 Å². The molecular formula is C18H19FN2O4S3. The molecule has 0 bridgehead atoms. The highest BCUT2D eigenvalue weighted by atomic mass is 32.2. The molecule has 0 saturated carbocycles. The van der Waals surface area contributed by atoms with E-state index >= 15 is 0 Å². The van der Waals surface area contributed by atoms with Gasteiger partial charge in [0.05, 0.1) is 16.4 Å². The van der Waals surface area contributed by atoms with Gasteiger partial charge in [0.2, 0.25) is 5.91 Å². The summed E-state index contributed by atoms with van der Waals surface area (Å²) in [5.74, 6) is -1.22.